The molecule has 0 aliphatic heterocycles. The van der Waals surface area contributed by atoms with E-state index in [9.17, 15) is 0 Å². The monoisotopic (exact) mass is 712 g/mol. The molecule has 3 nitrogen and oxygen atoms in total. The predicted octanol–water partition coefficient (Wildman–Crippen LogP) is 13.4. The maximum absolute atomic E-state index is 7.00. The van der Waals surface area contributed by atoms with Crippen molar-refractivity contribution in [3.8, 4) is 67.3 Å². The summed E-state index contributed by atoms with van der Waals surface area (Å²) >= 11 is 0. The summed E-state index contributed by atoms with van der Waals surface area (Å²) in [6.45, 7) is 0. The van der Waals surface area contributed by atoms with E-state index in [0.717, 1.165) is 55.9 Å². The van der Waals surface area contributed by atoms with Crippen LogP contribution < -0.4 is 0 Å². The van der Waals surface area contributed by atoms with Gasteiger partial charge in [-0.1, -0.05) is 170 Å². The molecule has 2 heterocycles. The van der Waals surface area contributed by atoms with Crippen molar-refractivity contribution in [2.45, 2.75) is 5.41 Å². The van der Waals surface area contributed by atoms with Gasteiger partial charge in [-0.15, -0.1) is 0 Å². The van der Waals surface area contributed by atoms with Crippen LogP contribution in [0.4, 0.5) is 0 Å². The Morgan fingerprint density at radius 3 is 1.79 bits per heavy atom. The zero-order valence-electron chi connectivity index (χ0n) is 30.3. The largest absolute Gasteiger partial charge is 0.459 e. The normalized spacial score (nSPS) is 13.1. The molecule has 8 aromatic carbocycles. The zero-order valence-corrected chi connectivity index (χ0v) is 30.3. The molecule has 56 heavy (non-hydrogen) atoms. The van der Waals surface area contributed by atoms with Gasteiger partial charge in [0.15, 0.2) is 5.82 Å². The number of rotatable bonds is 4. The second-order valence-electron chi connectivity index (χ2n) is 14.8. The number of hydrogen-bond donors (Lipinski definition) is 0. The topological polar surface area (TPSA) is 38.9 Å². The van der Waals surface area contributed by atoms with Crippen LogP contribution in [0, 0.1) is 0 Å². The first kappa shape index (κ1) is 31.0. The number of benzene rings is 8. The number of furan rings is 1. The molecule has 0 unspecified atom stereocenters. The van der Waals surface area contributed by atoms with Gasteiger partial charge in [-0.05, 0) is 79.5 Å². The van der Waals surface area contributed by atoms with Crippen molar-refractivity contribution in [2.75, 3.05) is 0 Å². The average Bonchev–Trinajstić information content (AvgIpc) is 3.90. The fourth-order valence-electron chi connectivity index (χ4n) is 9.47. The van der Waals surface area contributed by atoms with Gasteiger partial charge < -0.3 is 4.42 Å². The molecule has 2 aliphatic rings. The molecule has 2 aliphatic carbocycles. The van der Waals surface area contributed by atoms with Gasteiger partial charge in [0, 0.05) is 27.6 Å². The number of hydrogen-bond acceptors (Lipinski definition) is 3. The summed E-state index contributed by atoms with van der Waals surface area (Å²) in [6, 6.07) is 69.3. The van der Waals surface area contributed by atoms with E-state index in [1.165, 1.54) is 49.7 Å². The number of para-hydroxylation sites is 1. The van der Waals surface area contributed by atoms with Crippen molar-refractivity contribution in [1.29, 1.82) is 0 Å². The second-order valence-corrected chi connectivity index (χ2v) is 14.8. The predicted molar refractivity (Wildman–Crippen MR) is 227 cm³/mol. The first-order valence-corrected chi connectivity index (χ1v) is 19.2. The Kier molecular flexibility index (Phi) is 6.55. The first-order chi connectivity index (χ1) is 27.8. The number of aromatic nitrogens is 2. The fourth-order valence-corrected chi connectivity index (χ4v) is 9.47. The Morgan fingerprint density at radius 2 is 0.982 bits per heavy atom. The van der Waals surface area contributed by atoms with E-state index in [2.05, 4.69) is 176 Å². The molecule has 3 heteroatoms. The maximum atomic E-state index is 7.00. The highest BCUT2D eigenvalue weighted by atomic mass is 16.3. The van der Waals surface area contributed by atoms with E-state index < -0.39 is 5.41 Å². The van der Waals surface area contributed by atoms with E-state index in [1.54, 1.807) is 0 Å². The van der Waals surface area contributed by atoms with E-state index >= 15 is 0 Å². The Morgan fingerprint density at radius 1 is 0.375 bits per heavy atom. The van der Waals surface area contributed by atoms with Gasteiger partial charge >= 0.3 is 0 Å². The molecule has 12 rings (SSSR count). The van der Waals surface area contributed by atoms with Gasteiger partial charge in [0.25, 0.3) is 0 Å². The number of fused-ring (bicyclic) bond motifs is 13. The van der Waals surface area contributed by atoms with E-state index in [1.807, 2.05) is 18.2 Å². The third-order valence-electron chi connectivity index (χ3n) is 11.9. The Bertz CT molecular complexity index is 3170. The van der Waals surface area contributed by atoms with Gasteiger partial charge in [0.1, 0.15) is 16.8 Å². The Hall–Kier alpha value is -7.36. The van der Waals surface area contributed by atoms with Crippen LogP contribution >= 0.6 is 0 Å². The molecule has 0 fully saturated rings. The lowest BCUT2D eigenvalue weighted by Gasteiger charge is -2.28. The van der Waals surface area contributed by atoms with Crippen LogP contribution in [0.15, 0.2) is 199 Å². The minimum Gasteiger partial charge on any atom is -0.459 e. The molecule has 10 aromatic rings. The third-order valence-corrected chi connectivity index (χ3v) is 11.9. The third kappa shape index (κ3) is 4.34. The summed E-state index contributed by atoms with van der Waals surface area (Å²) in [6.07, 6.45) is 0. The molecule has 0 saturated heterocycles. The maximum Gasteiger partial charge on any atom is 0.160 e. The second kappa shape index (κ2) is 11.8. The van der Waals surface area contributed by atoms with Crippen LogP contribution in [-0.2, 0) is 5.41 Å². The van der Waals surface area contributed by atoms with Gasteiger partial charge in [0.05, 0.1) is 11.4 Å². The SMILES string of the molecule is c1ccc(-c2nc(-c3ccc4ccccc4c3)cc(-c3ccccc3-c3ccc4c(c3)-c3c(oc5ccccc35)C43c4ccccc4-c4ccccc43)n2)cc1. The van der Waals surface area contributed by atoms with Crippen molar-refractivity contribution >= 4 is 21.7 Å². The van der Waals surface area contributed by atoms with Crippen molar-refractivity contribution < 1.29 is 4.42 Å². The minimum atomic E-state index is -0.555. The van der Waals surface area contributed by atoms with Gasteiger partial charge in [-0.25, -0.2) is 9.97 Å². The van der Waals surface area contributed by atoms with Gasteiger partial charge in [-0.3, -0.25) is 0 Å². The highest BCUT2D eigenvalue weighted by Crippen LogP contribution is 2.64. The summed E-state index contributed by atoms with van der Waals surface area (Å²) in [7, 11) is 0. The van der Waals surface area contributed by atoms with Crippen molar-refractivity contribution in [2.24, 2.45) is 0 Å². The highest BCUT2D eigenvalue weighted by Gasteiger charge is 2.55. The van der Waals surface area contributed by atoms with E-state index in [4.69, 9.17) is 14.4 Å². The Balaban J connectivity index is 1.08. The van der Waals surface area contributed by atoms with Crippen LogP contribution in [0.5, 0.6) is 0 Å². The molecule has 0 amide bonds. The first-order valence-electron chi connectivity index (χ1n) is 19.2. The molecule has 1 spiro atoms. The van der Waals surface area contributed by atoms with E-state index in [0.29, 0.717) is 5.82 Å². The van der Waals surface area contributed by atoms with Crippen LogP contribution in [0.2, 0.25) is 0 Å². The standard InChI is InChI=1S/C53H32N2O/c1-2-15-34(16-3-1)52-54-47(37-27-26-33-14-4-5-17-35(33)30-37)32-48(55-52)41-21-7-6-18-38(41)36-28-29-46-43(31-36)50-42-22-10-13-25-49(42)56-51(50)53(46)44-23-11-8-19-39(44)40-20-9-12-24-45(40)53/h1-32H. The molecule has 260 valence electrons. The summed E-state index contributed by atoms with van der Waals surface area (Å²) < 4.78 is 7.00. The van der Waals surface area contributed by atoms with Crippen LogP contribution in [0.1, 0.15) is 22.5 Å². The summed E-state index contributed by atoms with van der Waals surface area (Å²) in [5.41, 5.74) is 16.1. The fraction of sp³-hybridized carbons (Fsp3) is 0.0189. The molecule has 0 bridgehead atoms. The molecular weight excluding hydrogens is 681 g/mol. The minimum absolute atomic E-state index is 0.555. The van der Waals surface area contributed by atoms with Gasteiger partial charge in [0.2, 0.25) is 0 Å². The van der Waals surface area contributed by atoms with Crippen molar-refractivity contribution in [3.05, 3.63) is 217 Å². The lowest BCUT2D eigenvalue weighted by Crippen LogP contribution is -2.25. The summed E-state index contributed by atoms with van der Waals surface area (Å²) in [5, 5.41) is 3.52. The molecule has 0 N–H and O–H groups in total. The Labute approximate surface area is 324 Å². The average molecular weight is 713 g/mol. The van der Waals surface area contributed by atoms with Crippen LogP contribution in [0.3, 0.4) is 0 Å². The molecule has 2 aromatic heterocycles. The van der Waals surface area contributed by atoms with Crippen molar-refractivity contribution in [1.82, 2.24) is 9.97 Å². The van der Waals surface area contributed by atoms with Crippen molar-refractivity contribution in [3.63, 3.8) is 0 Å². The van der Waals surface area contributed by atoms with Gasteiger partial charge in [-0.2, -0.15) is 0 Å². The quantitative estimate of drug-likeness (QED) is 0.182. The summed E-state index contributed by atoms with van der Waals surface area (Å²) in [5.74, 6) is 1.70. The molecule has 0 radical (unpaired) electrons. The molecular formula is C53H32N2O. The molecule has 0 atom stereocenters. The molecule has 0 saturated carbocycles. The van der Waals surface area contributed by atoms with Crippen LogP contribution in [0.25, 0.3) is 89.0 Å². The lowest BCUT2D eigenvalue weighted by molar-refractivity contribution is 0.507. The zero-order chi connectivity index (χ0) is 36.8. The summed E-state index contributed by atoms with van der Waals surface area (Å²) in [4.78, 5) is 10.4. The lowest BCUT2D eigenvalue weighted by atomic mass is 9.73. The van der Waals surface area contributed by atoms with E-state index in [-0.39, 0.29) is 0 Å². The number of nitrogens with zero attached hydrogens (tertiary/aromatic N) is 2. The highest BCUT2D eigenvalue weighted by molar-refractivity contribution is 6.05. The smallest absolute Gasteiger partial charge is 0.160 e. The van der Waals surface area contributed by atoms with Crippen LogP contribution in [-0.4, -0.2) is 9.97 Å².